The van der Waals surface area contributed by atoms with E-state index in [0.29, 0.717) is 0 Å². The summed E-state index contributed by atoms with van der Waals surface area (Å²) in [6, 6.07) is 8.39. The van der Waals surface area contributed by atoms with Gasteiger partial charge in [0.1, 0.15) is 5.82 Å². The molecule has 0 spiro atoms. The highest BCUT2D eigenvalue weighted by molar-refractivity contribution is 5.46. The highest BCUT2D eigenvalue weighted by Crippen LogP contribution is 2.27. The lowest BCUT2D eigenvalue weighted by Crippen LogP contribution is -2.08. The van der Waals surface area contributed by atoms with E-state index in [0.717, 1.165) is 25.2 Å². The van der Waals surface area contributed by atoms with Crippen LogP contribution in [0.2, 0.25) is 0 Å². The van der Waals surface area contributed by atoms with Crippen LogP contribution in [0.3, 0.4) is 0 Å². The molecule has 1 aliphatic carbocycles. The van der Waals surface area contributed by atoms with Crippen molar-refractivity contribution in [2.45, 2.75) is 32.7 Å². The predicted octanol–water partition coefficient (Wildman–Crippen LogP) is 2.31. The number of nitrogens with two attached hydrogens (primary N) is 1. The molecule has 0 radical (unpaired) electrons. The zero-order valence-corrected chi connectivity index (χ0v) is 10.1. The number of hydrogen-bond acceptors (Lipinski definition) is 2. The van der Waals surface area contributed by atoms with E-state index in [4.69, 9.17) is 5.73 Å². The lowest BCUT2D eigenvalue weighted by Gasteiger charge is -2.08. The quantitative estimate of drug-likeness (QED) is 0.855. The van der Waals surface area contributed by atoms with Crippen LogP contribution in [0.1, 0.15) is 28.8 Å². The monoisotopic (exact) mass is 227 g/mol. The van der Waals surface area contributed by atoms with Gasteiger partial charge in [0, 0.05) is 5.56 Å². The molecular weight excluding hydrogens is 210 g/mol. The van der Waals surface area contributed by atoms with Gasteiger partial charge in [0.05, 0.1) is 12.2 Å². The van der Waals surface area contributed by atoms with E-state index < -0.39 is 0 Å². The first kappa shape index (κ1) is 10.4. The highest BCUT2D eigenvalue weighted by atomic mass is 15.3. The fourth-order valence-electron chi connectivity index (χ4n) is 2.54. The molecule has 1 heterocycles. The third kappa shape index (κ3) is 1.71. The smallest absolute Gasteiger partial charge is 0.125 e. The van der Waals surface area contributed by atoms with Crippen molar-refractivity contribution in [3.63, 3.8) is 0 Å². The topological polar surface area (TPSA) is 43.8 Å². The predicted molar refractivity (Wildman–Crippen MR) is 68.9 cm³/mol. The van der Waals surface area contributed by atoms with Gasteiger partial charge in [-0.3, -0.25) is 0 Å². The minimum absolute atomic E-state index is 0.783. The molecule has 0 saturated carbocycles. The Morgan fingerprint density at radius 2 is 2.12 bits per heavy atom. The summed E-state index contributed by atoms with van der Waals surface area (Å²) in [4.78, 5) is 0. The number of aromatic nitrogens is 2. The second kappa shape index (κ2) is 3.91. The van der Waals surface area contributed by atoms with Gasteiger partial charge in [0.2, 0.25) is 0 Å². The van der Waals surface area contributed by atoms with Gasteiger partial charge in [-0.25, -0.2) is 4.68 Å². The number of anilines is 1. The van der Waals surface area contributed by atoms with Crippen molar-refractivity contribution in [2.24, 2.45) is 0 Å². The maximum Gasteiger partial charge on any atom is 0.125 e. The number of nitrogens with zero attached hydrogens (tertiary/aromatic N) is 2. The highest BCUT2D eigenvalue weighted by Gasteiger charge is 2.20. The Bertz CT molecular complexity index is 555. The molecular formula is C14H17N3. The van der Waals surface area contributed by atoms with Crippen molar-refractivity contribution in [1.29, 1.82) is 0 Å². The molecule has 0 aliphatic heterocycles. The lowest BCUT2D eigenvalue weighted by atomic mass is 10.1. The molecule has 2 N–H and O–H groups in total. The minimum atomic E-state index is 0.783. The third-order valence-corrected chi connectivity index (χ3v) is 3.60. The molecule has 2 aromatic rings. The van der Waals surface area contributed by atoms with E-state index in [1.54, 1.807) is 0 Å². The maximum absolute atomic E-state index is 6.15. The number of aryl methyl sites for hydroxylation is 2. The zero-order chi connectivity index (χ0) is 11.8. The van der Waals surface area contributed by atoms with Crippen LogP contribution in [-0.4, -0.2) is 9.78 Å². The van der Waals surface area contributed by atoms with Crippen LogP contribution in [0.5, 0.6) is 0 Å². The minimum Gasteiger partial charge on any atom is -0.384 e. The summed E-state index contributed by atoms with van der Waals surface area (Å²) in [6.07, 6.45) is 3.38. The van der Waals surface area contributed by atoms with E-state index in [2.05, 4.69) is 36.3 Å². The Labute approximate surface area is 101 Å². The molecule has 0 bridgehead atoms. The fraction of sp³-hybridized carbons (Fsp3) is 0.357. The van der Waals surface area contributed by atoms with E-state index in [1.165, 1.54) is 28.8 Å². The summed E-state index contributed by atoms with van der Waals surface area (Å²) in [7, 11) is 0. The molecule has 0 unspecified atom stereocenters. The summed E-state index contributed by atoms with van der Waals surface area (Å²) in [5, 5.41) is 4.62. The first-order valence-electron chi connectivity index (χ1n) is 6.14. The van der Waals surface area contributed by atoms with Gasteiger partial charge in [-0.05, 0) is 37.3 Å². The molecule has 3 heteroatoms. The van der Waals surface area contributed by atoms with Crippen molar-refractivity contribution < 1.29 is 0 Å². The van der Waals surface area contributed by atoms with Gasteiger partial charge >= 0.3 is 0 Å². The second-order valence-electron chi connectivity index (χ2n) is 4.75. The third-order valence-electron chi connectivity index (χ3n) is 3.60. The molecule has 1 aromatic heterocycles. The molecule has 0 saturated heterocycles. The van der Waals surface area contributed by atoms with Crippen molar-refractivity contribution in [3.8, 4) is 0 Å². The standard InChI is InChI=1S/C14H17N3/c1-10-5-2-3-6-11(10)9-17-14(15)12-7-4-8-13(12)16-17/h2-3,5-6H,4,7-9,15H2,1H3. The Hall–Kier alpha value is -1.77. The number of hydrogen-bond donors (Lipinski definition) is 1. The fourth-order valence-corrected chi connectivity index (χ4v) is 2.54. The van der Waals surface area contributed by atoms with Crippen LogP contribution < -0.4 is 5.73 Å². The van der Waals surface area contributed by atoms with Gasteiger partial charge in [-0.2, -0.15) is 5.10 Å². The second-order valence-corrected chi connectivity index (χ2v) is 4.75. The maximum atomic E-state index is 6.15. The van der Waals surface area contributed by atoms with E-state index >= 15 is 0 Å². The van der Waals surface area contributed by atoms with Gasteiger partial charge in [0.25, 0.3) is 0 Å². The van der Waals surface area contributed by atoms with Crippen molar-refractivity contribution in [3.05, 3.63) is 46.6 Å². The van der Waals surface area contributed by atoms with Crippen LogP contribution in [-0.2, 0) is 19.4 Å². The van der Waals surface area contributed by atoms with E-state index in [-0.39, 0.29) is 0 Å². The summed E-state index contributed by atoms with van der Waals surface area (Å²) in [5.74, 6) is 0.862. The zero-order valence-electron chi connectivity index (χ0n) is 10.1. The summed E-state index contributed by atoms with van der Waals surface area (Å²) in [6.45, 7) is 2.91. The average Bonchev–Trinajstić information content (AvgIpc) is 2.87. The Kier molecular flexibility index (Phi) is 2.39. The number of fused-ring (bicyclic) bond motifs is 1. The molecule has 17 heavy (non-hydrogen) atoms. The average molecular weight is 227 g/mol. The van der Waals surface area contributed by atoms with Crippen LogP contribution in [0.4, 0.5) is 5.82 Å². The Balaban J connectivity index is 1.94. The van der Waals surface area contributed by atoms with Crippen molar-refractivity contribution in [1.82, 2.24) is 9.78 Å². The van der Waals surface area contributed by atoms with Gasteiger partial charge in [0.15, 0.2) is 0 Å². The normalized spacial score (nSPS) is 13.9. The molecule has 1 aromatic carbocycles. The van der Waals surface area contributed by atoms with Crippen LogP contribution >= 0.6 is 0 Å². The molecule has 0 fully saturated rings. The summed E-state index contributed by atoms with van der Waals surface area (Å²) < 4.78 is 1.95. The molecule has 3 rings (SSSR count). The van der Waals surface area contributed by atoms with Crippen LogP contribution in [0.15, 0.2) is 24.3 Å². The Morgan fingerprint density at radius 1 is 1.29 bits per heavy atom. The SMILES string of the molecule is Cc1ccccc1Cn1nc2c(c1N)CCC2. The van der Waals surface area contributed by atoms with Crippen LogP contribution in [0, 0.1) is 6.92 Å². The molecule has 88 valence electrons. The summed E-state index contributed by atoms with van der Waals surface area (Å²) in [5.41, 5.74) is 11.2. The van der Waals surface area contributed by atoms with Crippen LogP contribution in [0.25, 0.3) is 0 Å². The molecule has 1 aliphatic rings. The molecule has 3 nitrogen and oxygen atoms in total. The van der Waals surface area contributed by atoms with Crippen molar-refractivity contribution >= 4 is 5.82 Å². The Morgan fingerprint density at radius 3 is 2.88 bits per heavy atom. The summed E-state index contributed by atoms with van der Waals surface area (Å²) >= 11 is 0. The van der Waals surface area contributed by atoms with Gasteiger partial charge < -0.3 is 5.73 Å². The molecule has 0 amide bonds. The number of rotatable bonds is 2. The van der Waals surface area contributed by atoms with E-state index in [1.807, 2.05) is 4.68 Å². The van der Waals surface area contributed by atoms with Gasteiger partial charge in [-0.1, -0.05) is 24.3 Å². The van der Waals surface area contributed by atoms with E-state index in [9.17, 15) is 0 Å². The van der Waals surface area contributed by atoms with Crippen molar-refractivity contribution in [2.75, 3.05) is 5.73 Å². The lowest BCUT2D eigenvalue weighted by molar-refractivity contribution is 0.671. The van der Waals surface area contributed by atoms with Gasteiger partial charge in [-0.15, -0.1) is 0 Å². The number of nitrogen functional groups attached to an aromatic ring is 1. The first-order valence-corrected chi connectivity index (χ1v) is 6.14. The first-order chi connectivity index (χ1) is 8.25. The number of benzene rings is 1. The molecule has 0 atom stereocenters. The largest absolute Gasteiger partial charge is 0.384 e.